The lowest BCUT2D eigenvalue weighted by molar-refractivity contribution is 0.802. The number of benzene rings is 8. The fourth-order valence-electron chi connectivity index (χ4n) is 8.98. The molecule has 1 heteroatoms. The van der Waals surface area contributed by atoms with E-state index in [1.165, 1.54) is 82.9 Å². The fourth-order valence-corrected chi connectivity index (χ4v) is 8.98. The number of para-hydroxylation sites is 1. The average Bonchev–Trinajstić information content (AvgIpc) is 3.59. The van der Waals surface area contributed by atoms with Gasteiger partial charge in [-0.05, 0) is 127 Å². The van der Waals surface area contributed by atoms with Gasteiger partial charge in [0.1, 0.15) is 0 Å². The molecule has 0 unspecified atom stereocenters. The number of rotatable bonds is 3. The minimum atomic E-state index is -0.407. The first-order chi connectivity index (χ1) is 23.6. The van der Waals surface area contributed by atoms with Gasteiger partial charge in [0.15, 0.2) is 0 Å². The molecule has 0 aromatic heterocycles. The third-order valence-corrected chi connectivity index (χ3v) is 10.7. The molecule has 2 aliphatic rings. The zero-order valence-corrected chi connectivity index (χ0v) is 27.0. The van der Waals surface area contributed by atoms with Crippen LogP contribution < -0.4 is 4.90 Å². The van der Waals surface area contributed by atoms with Crippen molar-refractivity contribution in [3.8, 4) is 22.3 Å². The summed E-state index contributed by atoms with van der Waals surface area (Å²) in [6, 6.07) is 61.2. The highest BCUT2D eigenvalue weighted by Crippen LogP contribution is 2.65. The fraction of sp³-hybridized carbons (Fsp3) is 0.0638. The summed E-state index contributed by atoms with van der Waals surface area (Å²) in [5, 5.41) is 5.14. The molecule has 0 saturated heterocycles. The number of hydrogen-bond donors (Lipinski definition) is 0. The van der Waals surface area contributed by atoms with Crippen LogP contribution in [0, 0.1) is 13.8 Å². The molecule has 0 bridgehead atoms. The van der Waals surface area contributed by atoms with Gasteiger partial charge in [0.25, 0.3) is 0 Å². The van der Waals surface area contributed by atoms with E-state index >= 15 is 0 Å². The van der Waals surface area contributed by atoms with Crippen LogP contribution in [-0.2, 0) is 5.41 Å². The van der Waals surface area contributed by atoms with Gasteiger partial charge in [-0.2, -0.15) is 0 Å². The van der Waals surface area contributed by atoms with Crippen LogP contribution in [0.4, 0.5) is 17.1 Å². The van der Waals surface area contributed by atoms with E-state index < -0.39 is 5.41 Å². The molecule has 0 radical (unpaired) electrons. The second-order valence-corrected chi connectivity index (χ2v) is 13.5. The molecule has 1 spiro atoms. The largest absolute Gasteiger partial charge is 0.310 e. The predicted molar refractivity (Wildman–Crippen MR) is 202 cm³/mol. The summed E-state index contributed by atoms with van der Waals surface area (Å²) in [5.74, 6) is 0. The van der Waals surface area contributed by atoms with Crippen LogP contribution in [0.1, 0.15) is 33.4 Å². The van der Waals surface area contributed by atoms with Gasteiger partial charge >= 0.3 is 0 Å². The molecule has 0 fully saturated rings. The standard InChI is InChI=1S/C47H33N/c1-30-26-31(2)28-36(27-30)48(34-13-4-3-5-14-34)35-22-24-38-33(29-35)20-23-41-45-37-15-7-6-12-32(37)21-25-44(45)47(46(38)41)42-18-10-8-16-39(42)40-17-9-11-19-43(40)47/h3-29H,1-2H3. The van der Waals surface area contributed by atoms with Gasteiger partial charge in [-0.25, -0.2) is 0 Å². The molecular weight excluding hydrogens is 579 g/mol. The van der Waals surface area contributed by atoms with Crippen molar-refractivity contribution in [2.75, 3.05) is 4.90 Å². The summed E-state index contributed by atoms with van der Waals surface area (Å²) in [6.45, 7) is 4.36. The Morgan fingerprint density at radius 3 is 1.79 bits per heavy atom. The van der Waals surface area contributed by atoms with E-state index in [1.807, 2.05) is 0 Å². The first kappa shape index (κ1) is 27.2. The minimum absolute atomic E-state index is 0.407. The number of fused-ring (bicyclic) bond motifs is 14. The van der Waals surface area contributed by atoms with Crippen LogP contribution >= 0.6 is 0 Å². The minimum Gasteiger partial charge on any atom is -0.310 e. The highest BCUT2D eigenvalue weighted by Gasteiger charge is 2.52. The smallest absolute Gasteiger partial charge is 0.0731 e. The van der Waals surface area contributed by atoms with Crippen molar-refractivity contribution in [1.29, 1.82) is 0 Å². The van der Waals surface area contributed by atoms with E-state index in [1.54, 1.807) is 0 Å². The number of aryl methyl sites for hydroxylation is 2. The molecule has 0 aliphatic heterocycles. The molecule has 0 heterocycles. The van der Waals surface area contributed by atoms with Crippen molar-refractivity contribution >= 4 is 38.6 Å². The predicted octanol–water partition coefficient (Wildman–Crippen LogP) is 12.4. The van der Waals surface area contributed by atoms with Crippen molar-refractivity contribution < 1.29 is 0 Å². The monoisotopic (exact) mass is 611 g/mol. The van der Waals surface area contributed by atoms with E-state index in [0.29, 0.717) is 0 Å². The van der Waals surface area contributed by atoms with Gasteiger partial charge in [0.2, 0.25) is 0 Å². The Labute approximate surface area is 281 Å². The summed E-state index contributed by atoms with van der Waals surface area (Å²) in [4.78, 5) is 2.39. The molecule has 0 saturated carbocycles. The van der Waals surface area contributed by atoms with Crippen LogP contribution in [-0.4, -0.2) is 0 Å². The van der Waals surface area contributed by atoms with Crippen LogP contribution in [0.15, 0.2) is 164 Å². The van der Waals surface area contributed by atoms with E-state index in [0.717, 1.165) is 11.4 Å². The highest BCUT2D eigenvalue weighted by atomic mass is 15.1. The quantitative estimate of drug-likeness (QED) is 0.192. The van der Waals surface area contributed by atoms with Gasteiger partial charge < -0.3 is 4.90 Å². The van der Waals surface area contributed by atoms with Crippen LogP contribution in [0.2, 0.25) is 0 Å². The van der Waals surface area contributed by atoms with Gasteiger partial charge in [-0.15, -0.1) is 0 Å². The Balaban J connectivity index is 1.30. The second kappa shape index (κ2) is 10.0. The lowest BCUT2D eigenvalue weighted by Crippen LogP contribution is -2.26. The Hall–Kier alpha value is -5.92. The van der Waals surface area contributed by atoms with Crippen LogP contribution in [0.25, 0.3) is 43.8 Å². The molecule has 0 atom stereocenters. The molecule has 48 heavy (non-hydrogen) atoms. The highest BCUT2D eigenvalue weighted by molar-refractivity contribution is 6.11. The van der Waals surface area contributed by atoms with Gasteiger partial charge in [-0.1, -0.05) is 127 Å². The third-order valence-electron chi connectivity index (χ3n) is 10.7. The third kappa shape index (κ3) is 3.62. The Kier molecular flexibility index (Phi) is 5.69. The van der Waals surface area contributed by atoms with Crippen molar-refractivity contribution in [1.82, 2.24) is 0 Å². The number of hydrogen-bond acceptors (Lipinski definition) is 1. The summed E-state index contributed by atoms with van der Waals surface area (Å²) in [6.07, 6.45) is 0. The molecule has 8 aromatic rings. The zero-order valence-electron chi connectivity index (χ0n) is 27.0. The van der Waals surface area contributed by atoms with Crippen molar-refractivity contribution in [2.45, 2.75) is 19.3 Å². The SMILES string of the molecule is Cc1cc(C)cc(N(c2ccccc2)c2ccc3c4c(ccc3c2)-c2c(ccc3ccccc23)C42c3ccccc3-c3ccccc32)c1. The molecule has 8 aromatic carbocycles. The molecule has 2 aliphatic carbocycles. The first-order valence-corrected chi connectivity index (χ1v) is 16.9. The van der Waals surface area contributed by atoms with Crippen molar-refractivity contribution in [3.63, 3.8) is 0 Å². The normalized spacial score (nSPS) is 13.4. The molecular formula is C47H33N. The first-order valence-electron chi connectivity index (χ1n) is 16.9. The van der Waals surface area contributed by atoms with Crippen LogP contribution in [0.3, 0.4) is 0 Å². The molecule has 226 valence electrons. The lowest BCUT2D eigenvalue weighted by atomic mass is 9.69. The number of anilines is 3. The maximum atomic E-state index is 2.41. The van der Waals surface area contributed by atoms with Crippen molar-refractivity contribution in [2.24, 2.45) is 0 Å². The zero-order chi connectivity index (χ0) is 32.0. The summed E-state index contributed by atoms with van der Waals surface area (Å²) < 4.78 is 0. The average molecular weight is 612 g/mol. The summed E-state index contributed by atoms with van der Waals surface area (Å²) in [5.41, 5.74) is 16.5. The van der Waals surface area contributed by atoms with E-state index in [-0.39, 0.29) is 0 Å². The maximum Gasteiger partial charge on any atom is 0.0731 e. The van der Waals surface area contributed by atoms with Gasteiger partial charge in [-0.3, -0.25) is 0 Å². The lowest BCUT2D eigenvalue weighted by Gasteiger charge is -2.32. The van der Waals surface area contributed by atoms with Gasteiger partial charge in [0.05, 0.1) is 5.41 Å². The molecule has 10 rings (SSSR count). The Morgan fingerprint density at radius 2 is 1.04 bits per heavy atom. The summed E-state index contributed by atoms with van der Waals surface area (Å²) >= 11 is 0. The van der Waals surface area contributed by atoms with E-state index in [9.17, 15) is 0 Å². The Bertz CT molecular complexity index is 2530. The number of nitrogens with zero attached hydrogens (tertiary/aromatic N) is 1. The summed E-state index contributed by atoms with van der Waals surface area (Å²) in [7, 11) is 0. The molecule has 0 amide bonds. The second-order valence-electron chi connectivity index (χ2n) is 13.5. The molecule has 1 nitrogen and oxygen atoms in total. The topological polar surface area (TPSA) is 3.24 Å². The molecule has 0 N–H and O–H groups in total. The van der Waals surface area contributed by atoms with E-state index in [2.05, 4.69) is 183 Å². The van der Waals surface area contributed by atoms with Crippen LogP contribution in [0.5, 0.6) is 0 Å². The van der Waals surface area contributed by atoms with E-state index in [4.69, 9.17) is 0 Å². The van der Waals surface area contributed by atoms with Crippen molar-refractivity contribution in [3.05, 3.63) is 197 Å². The maximum absolute atomic E-state index is 2.41. The Morgan fingerprint density at radius 1 is 0.396 bits per heavy atom. The van der Waals surface area contributed by atoms with Gasteiger partial charge in [0, 0.05) is 17.1 Å².